The van der Waals surface area contributed by atoms with Gasteiger partial charge in [0.15, 0.2) is 6.54 Å². The number of anilines is 1. The van der Waals surface area contributed by atoms with Crippen LogP contribution in [0.25, 0.3) is 0 Å². The lowest BCUT2D eigenvalue weighted by Gasteiger charge is -2.13. The summed E-state index contributed by atoms with van der Waals surface area (Å²) >= 11 is 3.46. The van der Waals surface area contributed by atoms with E-state index in [9.17, 15) is 9.18 Å². The van der Waals surface area contributed by atoms with E-state index in [1.54, 1.807) is 26.2 Å². The molecule has 1 amide bonds. The fourth-order valence-electron chi connectivity index (χ4n) is 2.27. The van der Waals surface area contributed by atoms with Crippen molar-refractivity contribution in [3.05, 3.63) is 57.8 Å². The van der Waals surface area contributed by atoms with Crippen LogP contribution in [0, 0.1) is 12.7 Å². The molecule has 0 unspecified atom stereocenters. The molecule has 0 radical (unpaired) electrons. The third kappa shape index (κ3) is 4.79. The van der Waals surface area contributed by atoms with Crippen molar-refractivity contribution in [2.45, 2.75) is 19.9 Å². The summed E-state index contributed by atoms with van der Waals surface area (Å²) < 4.78 is 19.6. The molecule has 2 aromatic carbocycles. The minimum absolute atomic E-state index is 0.104. The number of ether oxygens (including phenoxy) is 1. The Balaban J connectivity index is 1.90. The first-order chi connectivity index (χ1) is 11.4. The molecule has 0 aromatic heterocycles. The van der Waals surface area contributed by atoms with Gasteiger partial charge in [-0.3, -0.25) is 4.79 Å². The van der Waals surface area contributed by atoms with E-state index in [2.05, 4.69) is 21.2 Å². The lowest BCUT2D eigenvalue weighted by atomic mass is 10.1. The normalized spacial score (nSPS) is 11.9. The predicted molar refractivity (Wildman–Crippen MR) is 95.7 cm³/mol. The number of methoxy groups -OCH3 is 1. The number of nitrogens with two attached hydrogens (primary N) is 1. The van der Waals surface area contributed by atoms with E-state index in [1.807, 2.05) is 30.4 Å². The highest BCUT2D eigenvalue weighted by Crippen LogP contribution is 2.27. The van der Waals surface area contributed by atoms with Crippen LogP contribution in [0.2, 0.25) is 0 Å². The molecule has 128 valence electrons. The number of benzene rings is 2. The molecule has 0 spiro atoms. The SMILES string of the molecule is COc1ccc([C@@H](C)[NH2+]CC(=O)Nc2ccc(C)c(F)c2)cc1Br. The summed E-state index contributed by atoms with van der Waals surface area (Å²) in [4.78, 5) is 12.0. The van der Waals surface area contributed by atoms with Crippen LogP contribution in [0.5, 0.6) is 5.75 Å². The van der Waals surface area contributed by atoms with Crippen molar-refractivity contribution in [3.63, 3.8) is 0 Å². The minimum Gasteiger partial charge on any atom is -0.496 e. The average molecular weight is 396 g/mol. The van der Waals surface area contributed by atoms with Gasteiger partial charge in [-0.15, -0.1) is 0 Å². The van der Waals surface area contributed by atoms with Crippen molar-refractivity contribution < 1.29 is 19.2 Å². The lowest BCUT2D eigenvalue weighted by molar-refractivity contribution is -0.682. The van der Waals surface area contributed by atoms with Crippen molar-refractivity contribution >= 4 is 27.5 Å². The first-order valence-electron chi connectivity index (χ1n) is 7.63. The van der Waals surface area contributed by atoms with Gasteiger partial charge in [0.1, 0.15) is 17.6 Å². The van der Waals surface area contributed by atoms with E-state index in [4.69, 9.17) is 4.74 Å². The Kier molecular flexibility index (Phi) is 6.34. The smallest absolute Gasteiger partial charge is 0.279 e. The van der Waals surface area contributed by atoms with Crippen LogP contribution in [0.1, 0.15) is 24.1 Å². The van der Waals surface area contributed by atoms with E-state index in [1.165, 1.54) is 6.07 Å². The van der Waals surface area contributed by atoms with Crippen molar-refractivity contribution in [2.75, 3.05) is 19.0 Å². The second kappa shape index (κ2) is 8.26. The van der Waals surface area contributed by atoms with E-state index in [0.29, 0.717) is 11.3 Å². The molecule has 1 atom stereocenters. The van der Waals surface area contributed by atoms with Crippen LogP contribution in [0.4, 0.5) is 10.1 Å². The topological polar surface area (TPSA) is 54.9 Å². The Morgan fingerprint density at radius 2 is 2.08 bits per heavy atom. The molecular weight excluding hydrogens is 375 g/mol. The summed E-state index contributed by atoms with van der Waals surface area (Å²) in [7, 11) is 1.62. The molecule has 6 heteroatoms. The maximum absolute atomic E-state index is 13.5. The maximum atomic E-state index is 13.5. The summed E-state index contributed by atoms with van der Waals surface area (Å²) in [6.07, 6.45) is 0. The summed E-state index contributed by atoms with van der Waals surface area (Å²) in [5, 5.41) is 4.63. The summed E-state index contributed by atoms with van der Waals surface area (Å²) in [5.41, 5.74) is 2.10. The number of carbonyl (C=O) groups excluding carboxylic acids is 1. The maximum Gasteiger partial charge on any atom is 0.279 e. The Hall–Kier alpha value is -1.92. The van der Waals surface area contributed by atoms with Crippen LogP contribution in [-0.4, -0.2) is 19.6 Å². The molecule has 0 aliphatic rings. The number of quaternary nitrogens is 1. The van der Waals surface area contributed by atoms with Crippen molar-refractivity contribution in [1.82, 2.24) is 0 Å². The number of hydrogen-bond acceptors (Lipinski definition) is 2. The Morgan fingerprint density at radius 1 is 1.33 bits per heavy atom. The predicted octanol–water partition coefficient (Wildman–Crippen LogP) is 3.17. The Labute approximate surface area is 149 Å². The summed E-state index contributed by atoms with van der Waals surface area (Å²) in [6.45, 7) is 3.96. The van der Waals surface area contributed by atoms with Crippen LogP contribution in [-0.2, 0) is 4.79 Å². The number of halogens is 2. The summed E-state index contributed by atoms with van der Waals surface area (Å²) in [6, 6.07) is 10.6. The molecule has 3 N–H and O–H groups in total. The highest BCUT2D eigenvalue weighted by Gasteiger charge is 2.13. The van der Waals surface area contributed by atoms with Gasteiger partial charge in [-0.1, -0.05) is 6.07 Å². The van der Waals surface area contributed by atoms with Crippen molar-refractivity contribution in [1.29, 1.82) is 0 Å². The minimum atomic E-state index is -0.326. The second-order valence-electron chi connectivity index (χ2n) is 5.63. The average Bonchev–Trinajstić information content (AvgIpc) is 2.56. The van der Waals surface area contributed by atoms with Gasteiger partial charge in [0.25, 0.3) is 5.91 Å². The van der Waals surface area contributed by atoms with Crippen LogP contribution in [0.3, 0.4) is 0 Å². The van der Waals surface area contributed by atoms with Crippen LogP contribution in [0.15, 0.2) is 40.9 Å². The molecule has 0 saturated carbocycles. The van der Waals surface area contributed by atoms with E-state index >= 15 is 0 Å². The van der Waals surface area contributed by atoms with Gasteiger partial charge in [0.05, 0.1) is 11.6 Å². The number of carbonyl (C=O) groups is 1. The monoisotopic (exact) mass is 395 g/mol. The number of hydrogen-bond donors (Lipinski definition) is 2. The number of amides is 1. The molecule has 0 saturated heterocycles. The Bertz CT molecular complexity index is 737. The second-order valence-corrected chi connectivity index (χ2v) is 6.49. The molecule has 24 heavy (non-hydrogen) atoms. The van der Waals surface area contributed by atoms with Gasteiger partial charge >= 0.3 is 0 Å². The molecule has 0 bridgehead atoms. The van der Waals surface area contributed by atoms with Gasteiger partial charge in [-0.25, -0.2) is 4.39 Å². The fourth-order valence-corrected chi connectivity index (χ4v) is 2.83. The third-order valence-electron chi connectivity index (χ3n) is 3.81. The van der Waals surface area contributed by atoms with Crippen molar-refractivity contribution in [3.8, 4) is 5.75 Å². The molecule has 2 aromatic rings. The summed E-state index contributed by atoms with van der Waals surface area (Å²) in [5.74, 6) is 0.274. The molecular formula is C18H21BrFN2O2+. The number of nitrogens with one attached hydrogen (secondary N) is 1. The number of aryl methyl sites for hydroxylation is 1. The first kappa shape index (κ1) is 18.4. The molecule has 2 rings (SSSR count). The highest BCUT2D eigenvalue weighted by molar-refractivity contribution is 9.10. The van der Waals surface area contributed by atoms with E-state index in [0.717, 1.165) is 15.8 Å². The van der Waals surface area contributed by atoms with E-state index in [-0.39, 0.29) is 24.3 Å². The number of rotatable bonds is 6. The zero-order chi connectivity index (χ0) is 17.7. The molecule has 0 aliphatic carbocycles. The van der Waals surface area contributed by atoms with Gasteiger partial charge in [0.2, 0.25) is 0 Å². The third-order valence-corrected chi connectivity index (χ3v) is 4.43. The van der Waals surface area contributed by atoms with Crippen LogP contribution >= 0.6 is 15.9 Å². The molecule has 4 nitrogen and oxygen atoms in total. The van der Waals surface area contributed by atoms with Crippen molar-refractivity contribution in [2.24, 2.45) is 0 Å². The standard InChI is InChI=1S/C18H20BrFN2O2/c1-11-4-6-14(9-16(11)20)22-18(23)10-21-12(2)13-5-7-17(24-3)15(19)8-13/h4-9,12,21H,10H2,1-3H3,(H,22,23)/p+1/t12-/m1/s1. The highest BCUT2D eigenvalue weighted by atomic mass is 79.9. The molecule has 0 heterocycles. The Morgan fingerprint density at radius 3 is 2.71 bits per heavy atom. The largest absolute Gasteiger partial charge is 0.496 e. The van der Waals surface area contributed by atoms with Gasteiger partial charge in [-0.05, 0) is 65.7 Å². The van der Waals surface area contributed by atoms with Crippen LogP contribution < -0.4 is 15.4 Å². The van der Waals surface area contributed by atoms with Gasteiger partial charge < -0.3 is 15.4 Å². The van der Waals surface area contributed by atoms with Gasteiger partial charge in [-0.2, -0.15) is 0 Å². The van der Waals surface area contributed by atoms with E-state index < -0.39 is 0 Å². The van der Waals surface area contributed by atoms with Gasteiger partial charge in [0, 0.05) is 11.3 Å². The quantitative estimate of drug-likeness (QED) is 0.788. The molecule has 0 aliphatic heterocycles. The zero-order valence-electron chi connectivity index (χ0n) is 13.9. The lowest BCUT2D eigenvalue weighted by Crippen LogP contribution is -2.86. The fraction of sp³-hybridized carbons (Fsp3) is 0.278. The molecule has 0 fully saturated rings. The zero-order valence-corrected chi connectivity index (χ0v) is 15.5. The first-order valence-corrected chi connectivity index (χ1v) is 8.42.